The number of carbonyl (C=O) groups excluding carboxylic acids is 2. The largest absolute Gasteiger partial charge is 0.384 e. The Balaban J connectivity index is 0.838. The first kappa shape index (κ1) is 39.9. The van der Waals surface area contributed by atoms with Crippen LogP contribution in [-0.2, 0) is 21.7 Å². The molecular weight excluding hydrogens is 752 g/mol. The lowest BCUT2D eigenvalue weighted by Gasteiger charge is -2.38. The molecule has 0 saturated carbocycles. The molecule has 14 nitrogen and oxygen atoms in total. The number of halogens is 1. The van der Waals surface area contributed by atoms with E-state index in [1.165, 1.54) is 22.5 Å². The van der Waals surface area contributed by atoms with Gasteiger partial charge in [0.25, 0.3) is 5.56 Å². The fraction of sp³-hybridized carbons (Fsp3) is 0.409. The number of allylic oxidation sites excluding steroid dienone is 1. The summed E-state index contributed by atoms with van der Waals surface area (Å²) in [5, 5.41) is 19.7. The molecule has 3 saturated heterocycles. The number of aromatic nitrogens is 5. The molecule has 3 aliphatic heterocycles. The Hall–Kier alpha value is -5.93. The molecule has 2 aromatic carbocycles. The molecular formula is C44H51FN10O4. The van der Waals surface area contributed by atoms with Gasteiger partial charge in [-0.05, 0) is 119 Å². The number of piperidine rings is 3. The van der Waals surface area contributed by atoms with Crippen molar-refractivity contribution in [1.82, 2.24) is 34.5 Å². The van der Waals surface area contributed by atoms with Crippen molar-refractivity contribution in [2.75, 3.05) is 48.3 Å². The molecule has 0 aliphatic carbocycles. The standard InChI is InChI=1S/C44H51FN10O4/c1-4-20-54-42(58)33-26-46-43(51-40(33)55(54)38-7-5-6-37(49-38)44(2,3)59)48-31-10-8-29(9-11-31)30-18-21-52(22-19-30)27-28-16-23-53(24-17-28)36-14-12-32(25-34(36)45)47-35-13-15-39(56)50-41(35)57/h4-12,14,25-26,28,30,35,47,59H,1,13,15-24,27H2,2-3H3,(H,46,48,51)(H,50,56,57)/t35-/m0/s1. The minimum Gasteiger partial charge on any atom is -0.384 e. The number of hydrogen-bond acceptors (Lipinski definition) is 11. The maximum absolute atomic E-state index is 15.2. The average molecular weight is 803 g/mol. The number of pyridine rings is 1. The highest BCUT2D eigenvalue weighted by molar-refractivity contribution is 6.01. The molecule has 0 radical (unpaired) electrons. The first-order valence-electron chi connectivity index (χ1n) is 20.5. The number of nitrogens with one attached hydrogen (secondary N) is 3. The number of benzene rings is 2. The van der Waals surface area contributed by atoms with Gasteiger partial charge in [-0.3, -0.25) is 19.7 Å². The summed E-state index contributed by atoms with van der Waals surface area (Å²) < 4.78 is 18.4. The van der Waals surface area contributed by atoms with Crippen LogP contribution in [0.5, 0.6) is 0 Å². The van der Waals surface area contributed by atoms with Crippen molar-refractivity contribution in [1.29, 1.82) is 0 Å². The molecule has 15 heteroatoms. The molecule has 308 valence electrons. The van der Waals surface area contributed by atoms with E-state index in [4.69, 9.17) is 4.98 Å². The van der Waals surface area contributed by atoms with Gasteiger partial charge in [-0.15, -0.1) is 6.58 Å². The Morgan fingerprint density at radius 1 is 0.949 bits per heavy atom. The Morgan fingerprint density at radius 3 is 2.39 bits per heavy atom. The maximum atomic E-state index is 15.2. The Kier molecular flexibility index (Phi) is 11.3. The van der Waals surface area contributed by atoms with Crippen molar-refractivity contribution < 1.29 is 19.1 Å². The SMILES string of the molecule is C=CCn1c(=O)c2cnc(Nc3ccc(C4CCN(CC5CCN(c6ccc(N[C@H]7CCC(=O)NC7=O)cc6F)CC5)CC4)cc3)nc2n1-c1cccc(C(C)(C)O)n1. The smallest absolute Gasteiger partial charge is 0.278 e. The maximum Gasteiger partial charge on any atom is 0.278 e. The quantitative estimate of drug-likeness (QED) is 0.0920. The van der Waals surface area contributed by atoms with Crippen molar-refractivity contribution in [2.45, 2.75) is 76.5 Å². The summed E-state index contributed by atoms with van der Waals surface area (Å²) in [6.07, 6.45) is 8.00. The summed E-state index contributed by atoms with van der Waals surface area (Å²) in [4.78, 5) is 55.5. The summed E-state index contributed by atoms with van der Waals surface area (Å²) in [6, 6.07) is 18.2. The van der Waals surface area contributed by atoms with E-state index >= 15 is 4.39 Å². The van der Waals surface area contributed by atoms with Crippen LogP contribution in [0.1, 0.15) is 69.5 Å². The zero-order chi connectivity index (χ0) is 41.3. The highest BCUT2D eigenvalue weighted by Gasteiger charge is 2.29. The highest BCUT2D eigenvalue weighted by Crippen LogP contribution is 2.32. The van der Waals surface area contributed by atoms with E-state index in [0.717, 1.165) is 64.1 Å². The predicted molar refractivity (Wildman–Crippen MR) is 226 cm³/mol. The van der Waals surface area contributed by atoms with Gasteiger partial charge in [0.1, 0.15) is 22.8 Å². The number of imide groups is 1. The fourth-order valence-corrected chi connectivity index (χ4v) is 8.51. The number of fused-ring (bicyclic) bond motifs is 1. The molecule has 6 heterocycles. The van der Waals surface area contributed by atoms with Gasteiger partial charge in [-0.25, -0.2) is 23.7 Å². The van der Waals surface area contributed by atoms with Crippen molar-refractivity contribution in [2.24, 2.45) is 5.92 Å². The lowest BCUT2D eigenvalue weighted by molar-refractivity contribution is -0.133. The fourth-order valence-electron chi connectivity index (χ4n) is 8.51. The number of amides is 2. The van der Waals surface area contributed by atoms with Crippen LogP contribution in [-0.4, -0.2) is 84.9 Å². The van der Waals surface area contributed by atoms with Crippen LogP contribution in [0.4, 0.5) is 27.4 Å². The van der Waals surface area contributed by atoms with Crippen LogP contribution in [0.25, 0.3) is 16.9 Å². The summed E-state index contributed by atoms with van der Waals surface area (Å²) in [5.74, 6) is 0.860. The van der Waals surface area contributed by atoms with E-state index in [9.17, 15) is 19.5 Å². The normalized spacial score (nSPS) is 18.6. The van der Waals surface area contributed by atoms with Crippen LogP contribution in [0, 0.1) is 11.7 Å². The van der Waals surface area contributed by atoms with Gasteiger partial charge in [0.2, 0.25) is 17.8 Å². The third kappa shape index (κ3) is 8.76. The number of hydrogen-bond donors (Lipinski definition) is 4. The zero-order valence-corrected chi connectivity index (χ0v) is 33.5. The Labute approximate surface area is 342 Å². The summed E-state index contributed by atoms with van der Waals surface area (Å²) in [7, 11) is 0. The lowest BCUT2D eigenvalue weighted by atomic mass is 9.88. The summed E-state index contributed by atoms with van der Waals surface area (Å²) in [6.45, 7) is 12.1. The van der Waals surface area contributed by atoms with Crippen LogP contribution >= 0.6 is 0 Å². The van der Waals surface area contributed by atoms with Crippen molar-refractivity contribution >= 4 is 45.9 Å². The average Bonchev–Trinajstić information content (AvgIpc) is 3.49. The number of rotatable bonds is 12. The molecule has 8 rings (SSSR count). The van der Waals surface area contributed by atoms with E-state index in [2.05, 4.69) is 54.4 Å². The van der Waals surface area contributed by atoms with Crippen molar-refractivity contribution in [3.63, 3.8) is 0 Å². The van der Waals surface area contributed by atoms with E-state index in [1.807, 2.05) is 12.1 Å². The zero-order valence-electron chi connectivity index (χ0n) is 33.5. The molecule has 59 heavy (non-hydrogen) atoms. The van der Waals surface area contributed by atoms with Gasteiger partial charge >= 0.3 is 0 Å². The third-order valence-corrected chi connectivity index (χ3v) is 11.8. The second-order valence-electron chi connectivity index (χ2n) is 16.4. The number of nitrogens with zero attached hydrogens (tertiary/aromatic N) is 7. The topological polar surface area (TPSA) is 163 Å². The molecule has 3 fully saturated rings. The first-order valence-corrected chi connectivity index (χ1v) is 20.5. The summed E-state index contributed by atoms with van der Waals surface area (Å²) >= 11 is 0. The summed E-state index contributed by atoms with van der Waals surface area (Å²) in [5.41, 5.74) is 2.67. The molecule has 4 N–H and O–H groups in total. The van der Waals surface area contributed by atoms with Gasteiger partial charge in [0.15, 0.2) is 11.5 Å². The van der Waals surface area contributed by atoms with Crippen molar-refractivity contribution in [3.05, 3.63) is 107 Å². The monoisotopic (exact) mass is 802 g/mol. The van der Waals surface area contributed by atoms with E-state index in [0.29, 0.717) is 58.1 Å². The van der Waals surface area contributed by atoms with Crippen LogP contribution < -0.4 is 26.4 Å². The van der Waals surface area contributed by atoms with Crippen LogP contribution in [0.3, 0.4) is 0 Å². The minimum atomic E-state index is -1.17. The molecule has 0 spiro atoms. The van der Waals surface area contributed by atoms with Gasteiger partial charge in [0.05, 0.1) is 17.9 Å². The third-order valence-electron chi connectivity index (χ3n) is 11.8. The van der Waals surface area contributed by atoms with Gasteiger partial charge < -0.3 is 25.5 Å². The Morgan fingerprint density at radius 2 is 1.69 bits per heavy atom. The van der Waals surface area contributed by atoms with E-state index < -0.39 is 11.6 Å². The van der Waals surface area contributed by atoms with Crippen LogP contribution in [0.15, 0.2) is 84.3 Å². The molecule has 1 atom stereocenters. The molecule has 2 amide bonds. The molecule has 3 aromatic heterocycles. The number of carbonyl (C=O) groups is 2. The number of likely N-dealkylation sites (tertiary alicyclic amines) is 1. The molecule has 5 aromatic rings. The first-order chi connectivity index (χ1) is 28.4. The second-order valence-corrected chi connectivity index (χ2v) is 16.4. The number of anilines is 4. The molecule has 0 bridgehead atoms. The molecule has 3 aliphatic rings. The van der Waals surface area contributed by atoms with Crippen molar-refractivity contribution in [3.8, 4) is 5.82 Å². The lowest BCUT2D eigenvalue weighted by Crippen LogP contribution is -2.47. The van der Waals surface area contributed by atoms with Gasteiger partial charge in [-0.1, -0.05) is 24.3 Å². The van der Waals surface area contributed by atoms with Gasteiger partial charge in [0, 0.05) is 43.6 Å². The molecule has 0 unspecified atom stereocenters. The van der Waals surface area contributed by atoms with E-state index in [-0.39, 0.29) is 36.2 Å². The highest BCUT2D eigenvalue weighted by atomic mass is 19.1. The van der Waals surface area contributed by atoms with Crippen LogP contribution in [0.2, 0.25) is 0 Å². The minimum absolute atomic E-state index is 0.238. The van der Waals surface area contributed by atoms with Gasteiger partial charge in [-0.2, -0.15) is 4.98 Å². The number of aliphatic hydroxyl groups is 1. The predicted octanol–water partition coefficient (Wildman–Crippen LogP) is 5.59. The Bertz CT molecular complexity index is 2410. The van der Waals surface area contributed by atoms with E-state index in [1.54, 1.807) is 54.9 Å². The second kappa shape index (κ2) is 16.7.